The van der Waals surface area contributed by atoms with Crippen molar-refractivity contribution < 1.29 is 9.32 Å². The number of amides is 1. The molecule has 0 N–H and O–H groups in total. The van der Waals surface area contributed by atoms with Gasteiger partial charge in [0.1, 0.15) is 5.69 Å². The average molecular weight is 310 g/mol. The van der Waals surface area contributed by atoms with Gasteiger partial charge in [-0.05, 0) is 6.92 Å². The van der Waals surface area contributed by atoms with E-state index in [1.807, 2.05) is 44.4 Å². The Bertz CT molecular complexity index is 817. The van der Waals surface area contributed by atoms with Crippen LogP contribution < -0.4 is 0 Å². The molecule has 3 aromatic rings. The van der Waals surface area contributed by atoms with Crippen LogP contribution in [0.3, 0.4) is 0 Å². The molecule has 0 aliphatic heterocycles. The lowest BCUT2D eigenvalue weighted by Crippen LogP contribution is -2.25. The lowest BCUT2D eigenvalue weighted by atomic mass is 10.1. The molecule has 6 heteroatoms. The van der Waals surface area contributed by atoms with Gasteiger partial charge in [0.15, 0.2) is 0 Å². The molecule has 0 unspecified atom stereocenters. The summed E-state index contributed by atoms with van der Waals surface area (Å²) in [5.74, 6) is 0.0201. The van der Waals surface area contributed by atoms with Crippen LogP contribution in [0.25, 0.3) is 11.3 Å². The van der Waals surface area contributed by atoms with Gasteiger partial charge in [-0.3, -0.25) is 9.48 Å². The first kappa shape index (κ1) is 15.0. The van der Waals surface area contributed by atoms with E-state index in [0.29, 0.717) is 12.2 Å². The van der Waals surface area contributed by atoms with E-state index in [9.17, 15) is 4.79 Å². The summed E-state index contributed by atoms with van der Waals surface area (Å²) in [6.07, 6.45) is 3.61. The molecule has 0 aliphatic carbocycles. The van der Waals surface area contributed by atoms with Gasteiger partial charge in [-0.1, -0.05) is 35.0 Å². The van der Waals surface area contributed by atoms with Crippen molar-refractivity contribution in [3.05, 3.63) is 59.6 Å². The van der Waals surface area contributed by atoms with E-state index in [1.165, 1.54) is 5.56 Å². The smallest absolute Gasteiger partial charge is 0.292 e. The van der Waals surface area contributed by atoms with E-state index in [1.54, 1.807) is 28.9 Å². The van der Waals surface area contributed by atoms with Gasteiger partial charge in [0.2, 0.25) is 5.76 Å². The minimum absolute atomic E-state index is 0.209. The third kappa shape index (κ3) is 3.31. The highest BCUT2D eigenvalue weighted by molar-refractivity contribution is 5.92. The molecule has 0 aliphatic rings. The summed E-state index contributed by atoms with van der Waals surface area (Å²) in [6.45, 7) is 2.49. The Kier molecular flexibility index (Phi) is 3.97. The van der Waals surface area contributed by atoms with Crippen molar-refractivity contribution >= 4 is 5.91 Å². The van der Waals surface area contributed by atoms with Crippen LogP contribution in [0.4, 0.5) is 0 Å². The second-order valence-corrected chi connectivity index (χ2v) is 5.63. The monoisotopic (exact) mass is 310 g/mol. The molecule has 0 spiro atoms. The number of hydrogen-bond acceptors (Lipinski definition) is 4. The molecule has 118 valence electrons. The second kappa shape index (κ2) is 6.08. The molecule has 0 saturated carbocycles. The van der Waals surface area contributed by atoms with Crippen molar-refractivity contribution in [2.45, 2.75) is 13.5 Å². The van der Waals surface area contributed by atoms with E-state index in [4.69, 9.17) is 4.52 Å². The van der Waals surface area contributed by atoms with Gasteiger partial charge in [-0.2, -0.15) is 5.10 Å². The van der Waals surface area contributed by atoms with Crippen molar-refractivity contribution in [2.75, 3.05) is 7.05 Å². The average Bonchev–Trinajstić information content (AvgIpc) is 3.16. The summed E-state index contributed by atoms with van der Waals surface area (Å²) >= 11 is 0. The maximum atomic E-state index is 12.4. The molecule has 3 rings (SSSR count). The number of carbonyl (C=O) groups excluding carboxylic acids is 1. The van der Waals surface area contributed by atoms with E-state index in [0.717, 1.165) is 11.1 Å². The Hall–Kier alpha value is -2.89. The lowest BCUT2D eigenvalue weighted by molar-refractivity contribution is 0.0743. The van der Waals surface area contributed by atoms with E-state index >= 15 is 0 Å². The number of carbonyl (C=O) groups is 1. The fraction of sp³-hybridized carbons (Fsp3) is 0.235. The van der Waals surface area contributed by atoms with Crippen molar-refractivity contribution in [1.29, 1.82) is 0 Å². The Morgan fingerprint density at radius 1 is 1.30 bits per heavy atom. The molecule has 23 heavy (non-hydrogen) atoms. The highest BCUT2D eigenvalue weighted by atomic mass is 16.5. The molecular weight excluding hydrogens is 292 g/mol. The predicted molar refractivity (Wildman–Crippen MR) is 85.7 cm³/mol. The predicted octanol–water partition coefficient (Wildman–Crippen LogP) is 2.66. The first-order chi connectivity index (χ1) is 11.0. The fourth-order valence-electron chi connectivity index (χ4n) is 2.32. The minimum atomic E-state index is -0.209. The number of rotatable bonds is 4. The normalized spacial score (nSPS) is 10.7. The molecule has 0 atom stereocenters. The molecule has 6 nitrogen and oxygen atoms in total. The Labute approximate surface area is 134 Å². The SMILES string of the molecule is Cc1ccc(-c2cc(C(=O)N(C)Cc3cnn(C)c3)on2)cc1. The van der Waals surface area contributed by atoms with Gasteiger partial charge in [-0.15, -0.1) is 0 Å². The maximum Gasteiger partial charge on any atom is 0.292 e. The number of aryl methyl sites for hydroxylation is 2. The molecule has 2 heterocycles. The number of aromatic nitrogens is 3. The quantitative estimate of drug-likeness (QED) is 0.743. The minimum Gasteiger partial charge on any atom is -0.350 e. The van der Waals surface area contributed by atoms with E-state index in [-0.39, 0.29) is 11.7 Å². The topological polar surface area (TPSA) is 64.2 Å². The van der Waals surface area contributed by atoms with E-state index < -0.39 is 0 Å². The number of hydrogen-bond donors (Lipinski definition) is 0. The second-order valence-electron chi connectivity index (χ2n) is 5.63. The maximum absolute atomic E-state index is 12.4. The summed E-state index contributed by atoms with van der Waals surface area (Å²) in [5.41, 5.74) is 3.71. The van der Waals surface area contributed by atoms with Gasteiger partial charge in [0, 0.05) is 44.0 Å². The molecule has 0 fully saturated rings. The summed E-state index contributed by atoms with van der Waals surface area (Å²) < 4.78 is 6.92. The Morgan fingerprint density at radius 3 is 2.70 bits per heavy atom. The van der Waals surface area contributed by atoms with Crippen LogP contribution in [0.15, 0.2) is 47.2 Å². The highest BCUT2D eigenvalue weighted by Gasteiger charge is 2.18. The Balaban J connectivity index is 1.74. The van der Waals surface area contributed by atoms with Crippen LogP contribution >= 0.6 is 0 Å². The van der Waals surface area contributed by atoms with Crippen molar-refractivity contribution in [1.82, 2.24) is 19.8 Å². The largest absolute Gasteiger partial charge is 0.350 e. The first-order valence-corrected chi connectivity index (χ1v) is 7.29. The van der Waals surface area contributed by atoms with Crippen LogP contribution in [-0.4, -0.2) is 32.8 Å². The fourth-order valence-corrected chi connectivity index (χ4v) is 2.32. The molecule has 0 bridgehead atoms. The van der Waals surface area contributed by atoms with Gasteiger partial charge in [0.05, 0.1) is 6.20 Å². The molecule has 1 aromatic carbocycles. The summed E-state index contributed by atoms with van der Waals surface area (Å²) in [4.78, 5) is 14.0. The van der Waals surface area contributed by atoms with Crippen LogP contribution in [0.1, 0.15) is 21.7 Å². The molecule has 1 amide bonds. The van der Waals surface area contributed by atoms with Crippen LogP contribution in [0.2, 0.25) is 0 Å². The summed E-state index contributed by atoms with van der Waals surface area (Å²) in [5, 5.41) is 8.09. The standard InChI is InChI=1S/C17H18N4O2/c1-12-4-6-14(7-5-12)15-8-16(23-19-15)17(22)20(2)10-13-9-18-21(3)11-13/h4-9,11H,10H2,1-3H3. The van der Waals surface area contributed by atoms with Crippen molar-refractivity contribution in [2.24, 2.45) is 7.05 Å². The summed E-state index contributed by atoms with van der Waals surface area (Å²) in [7, 11) is 3.57. The van der Waals surface area contributed by atoms with Crippen LogP contribution in [0.5, 0.6) is 0 Å². The van der Waals surface area contributed by atoms with Crippen LogP contribution in [0, 0.1) is 6.92 Å². The Morgan fingerprint density at radius 2 is 2.04 bits per heavy atom. The zero-order valence-corrected chi connectivity index (χ0v) is 13.4. The number of nitrogens with zero attached hydrogens (tertiary/aromatic N) is 4. The first-order valence-electron chi connectivity index (χ1n) is 7.29. The van der Waals surface area contributed by atoms with Gasteiger partial charge in [0.25, 0.3) is 5.91 Å². The van der Waals surface area contributed by atoms with E-state index in [2.05, 4.69) is 10.3 Å². The third-order valence-corrected chi connectivity index (χ3v) is 3.59. The summed E-state index contributed by atoms with van der Waals surface area (Å²) in [6, 6.07) is 9.59. The highest BCUT2D eigenvalue weighted by Crippen LogP contribution is 2.20. The van der Waals surface area contributed by atoms with Crippen LogP contribution in [-0.2, 0) is 13.6 Å². The van der Waals surface area contributed by atoms with Gasteiger partial charge >= 0.3 is 0 Å². The molecule has 0 radical (unpaired) electrons. The van der Waals surface area contributed by atoms with Gasteiger partial charge < -0.3 is 9.42 Å². The van der Waals surface area contributed by atoms with Gasteiger partial charge in [-0.25, -0.2) is 0 Å². The number of benzene rings is 1. The van der Waals surface area contributed by atoms with Crippen molar-refractivity contribution in [3.8, 4) is 11.3 Å². The molecule has 0 saturated heterocycles. The lowest BCUT2D eigenvalue weighted by Gasteiger charge is -2.13. The zero-order chi connectivity index (χ0) is 16.4. The third-order valence-electron chi connectivity index (χ3n) is 3.59. The molecule has 2 aromatic heterocycles. The van der Waals surface area contributed by atoms with Crippen molar-refractivity contribution in [3.63, 3.8) is 0 Å². The zero-order valence-electron chi connectivity index (χ0n) is 13.4. The molecular formula is C17H18N4O2.